The summed E-state index contributed by atoms with van der Waals surface area (Å²) in [5, 5.41) is 10.1. The lowest BCUT2D eigenvalue weighted by Gasteiger charge is -2.32. The third-order valence-corrected chi connectivity index (χ3v) is 4.12. The second kappa shape index (κ2) is 5.75. The Morgan fingerprint density at radius 1 is 1.33 bits per heavy atom. The molecule has 0 amide bonds. The standard InChI is InChI=1S/C16H24O2/c1-11-4-6-15(17)13(8-11)10-14-9-12(2)5-7-16(14)18-3/h5,7,9,11,13,15,17H,4,6,8,10H2,1-3H3. The van der Waals surface area contributed by atoms with Gasteiger partial charge in [0.15, 0.2) is 0 Å². The fourth-order valence-electron chi connectivity index (χ4n) is 3.05. The molecule has 2 heteroatoms. The van der Waals surface area contributed by atoms with Gasteiger partial charge in [-0.15, -0.1) is 0 Å². The Hall–Kier alpha value is -1.02. The molecule has 100 valence electrons. The Morgan fingerprint density at radius 2 is 2.11 bits per heavy atom. The predicted octanol–water partition coefficient (Wildman–Crippen LogP) is 3.34. The minimum Gasteiger partial charge on any atom is -0.496 e. The Balaban J connectivity index is 2.14. The molecule has 2 rings (SSSR count). The molecule has 1 aromatic rings. The molecule has 1 aliphatic rings. The van der Waals surface area contributed by atoms with Crippen molar-refractivity contribution in [2.24, 2.45) is 11.8 Å². The maximum atomic E-state index is 10.1. The van der Waals surface area contributed by atoms with E-state index in [1.165, 1.54) is 11.1 Å². The van der Waals surface area contributed by atoms with Gasteiger partial charge < -0.3 is 9.84 Å². The summed E-state index contributed by atoms with van der Waals surface area (Å²) in [5.74, 6) is 2.06. The van der Waals surface area contributed by atoms with Crippen LogP contribution in [0, 0.1) is 18.8 Å². The molecule has 1 aromatic carbocycles. The minimum atomic E-state index is -0.147. The lowest BCUT2D eigenvalue weighted by Crippen LogP contribution is -2.29. The maximum absolute atomic E-state index is 10.1. The molecule has 18 heavy (non-hydrogen) atoms. The second-order valence-electron chi connectivity index (χ2n) is 5.77. The molecule has 0 saturated heterocycles. The van der Waals surface area contributed by atoms with Crippen LogP contribution in [0.2, 0.25) is 0 Å². The van der Waals surface area contributed by atoms with Crippen LogP contribution in [0.4, 0.5) is 0 Å². The van der Waals surface area contributed by atoms with Crippen LogP contribution in [0.1, 0.15) is 37.3 Å². The fraction of sp³-hybridized carbons (Fsp3) is 0.625. The number of ether oxygens (including phenoxy) is 1. The average molecular weight is 248 g/mol. The first-order valence-electron chi connectivity index (χ1n) is 6.91. The van der Waals surface area contributed by atoms with Crippen LogP contribution >= 0.6 is 0 Å². The quantitative estimate of drug-likeness (QED) is 0.889. The summed E-state index contributed by atoms with van der Waals surface area (Å²) < 4.78 is 5.42. The van der Waals surface area contributed by atoms with Gasteiger partial charge in [-0.05, 0) is 56.1 Å². The molecule has 1 aliphatic carbocycles. The van der Waals surface area contributed by atoms with Crippen LogP contribution in [0.25, 0.3) is 0 Å². The molecule has 3 unspecified atom stereocenters. The van der Waals surface area contributed by atoms with Gasteiger partial charge in [0.1, 0.15) is 5.75 Å². The number of methoxy groups -OCH3 is 1. The molecular formula is C16H24O2. The number of rotatable bonds is 3. The number of aliphatic hydroxyl groups is 1. The van der Waals surface area contributed by atoms with Crippen molar-refractivity contribution in [1.82, 2.24) is 0 Å². The highest BCUT2D eigenvalue weighted by atomic mass is 16.5. The van der Waals surface area contributed by atoms with Crippen molar-refractivity contribution in [3.63, 3.8) is 0 Å². The van der Waals surface area contributed by atoms with Gasteiger partial charge in [-0.2, -0.15) is 0 Å². The van der Waals surface area contributed by atoms with E-state index >= 15 is 0 Å². The SMILES string of the molecule is COc1ccc(C)cc1CC1CC(C)CCC1O. The van der Waals surface area contributed by atoms with Crippen molar-refractivity contribution in [1.29, 1.82) is 0 Å². The van der Waals surface area contributed by atoms with Crippen LogP contribution in [-0.4, -0.2) is 18.3 Å². The molecule has 1 saturated carbocycles. The Labute approximate surface area is 110 Å². The molecule has 3 atom stereocenters. The summed E-state index contributed by atoms with van der Waals surface area (Å²) in [7, 11) is 1.72. The van der Waals surface area contributed by atoms with Gasteiger partial charge in [-0.3, -0.25) is 0 Å². The van der Waals surface area contributed by atoms with Crippen LogP contribution in [0.5, 0.6) is 5.75 Å². The van der Waals surface area contributed by atoms with Crippen LogP contribution in [0.3, 0.4) is 0 Å². The highest BCUT2D eigenvalue weighted by molar-refractivity contribution is 5.37. The largest absolute Gasteiger partial charge is 0.496 e. The summed E-state index contributed by atoms with van der Waals surface area (Å²) in [4.78, 5) is 0. The van der Waals surface area contributed by atoms with Crippen molar-refractivity contribution < 1.29 is 9.84 Å². The number of hydrogen-bond acceptors (Lipinski definition) is 2. The topological polar surface area (TPSA) is 29.5 Å². The Kier molecular flexibility index (Phi) is 4.28. The second-order valence-corrected chi connectivity index (χ2v) is 5.77. The highest BCUT2D eigenvalue weighted by Gasteiger charge is 2.27. The molecule has 0 aromatic heterocycles. The van der Waals surface area contributed by atoms with Crippen LogP contribution in [-0.2, 0) is 6.42 Å². The molecule has 0 radical (unpaired) electrons. The zero-order valence-corrected chi connectivity index (χ0v) is 11.6. The summed E-state index contributed by atoms with van der Waals surface area (Å²) in [6.07, 6.45) is 4.00. The predicted molar refractivity (Wildman–Crippen MR) is 73.9 cm³/mol. The van der Waals surface area contributed by atoms with Crippen molar-refractivity contribution in [2.75, 3.05) is 7.11 Å². The van der Waals surface area contributed by atoms with E-state index in [-0.39, 0.29) is 6.10 Å². The lowest BCUT2D eigenvalue weighted by atomic mass is 9.77. The Morgan fingerprint density at radius 3 is 2.83 bits per heavy atom. The summed E-state index contributed by atoms with van der Waals surface area (Å²) in [6.45, 7) is 4.38. The van der Waals surface area contributed by atoms with E-state index in [0.717, 1.165) is 37.4 Å². The summed E-state index contributed by atoms with van der Waals surface area (Å²) in [6, 6.07) is 6.29. The van der Waals surface area contributed by atoms with E-state index in [1.807, 2.05) is 6.07 Å². The van der Waals surface area contributed by atoms with Gasteiger partial charge in [0.2, 0.25) is 0 Å². The number of aliphatic hydroxyl groups excluding tert-OH is 1. The van der Waals surface area contributed by atoms with E-state index < -0.39 is 0 Å². The molecular weight excluding hydrogens is 224 g/mol. The molecule has 0 heterocycles. The molecule has 0 bridgehead atoms. The lowest BCUT2D eigenvalue weighted by molar-refractivity contribution is 0.0517. The van der Waals surface area contributed by atoms with Gasteiger partial charge in [0.05, 0.1) is 13.2 Å². The van der Waals surface area contributed by atoms with Gasteiger partial charge >= 0.3 is 0 Å². The van der Waals surface area contributed by atoms with E-state index in [1.54, 1.807) is 7.11 Å². The van der Waals surface area contributed by atoms with E-state index in [2.05, 4.69) is 26.0 Å². The van der Waals surface area contributed by atoms with Crippen molar-refractivity contribution >= 4 is 0 Å². The monoisotopic (exact) mass is 248 g/mol. The highest BCUT2D eigenvalue weighted by Crippen LogP contribution is 2.33. The Bertz CT molecular complexity index is 400. The van der Waals surface area contributed by atoms with Crippen molar-refractivity contribution in [3.05, 3.63) is 29.3 Å². The summed E-state index contributed by atoms with van der Waals surface area (Å²) in [5.41, 5.74) is 2.49. The fourth-order valence-corrected chi connectivity index (χ4v) is 3.05. The number of benzene rings is 1. The minimum absolute atomic E-state index is 0.147. The van der Waals surface area contributed by atoms with Gasteiger partial charge in [0, 0.05) is 0 Å². The number of aryl methyl sites for hydroxylation is 1. The summed E-state index contributed by atoms with van der Waals surface area (Å²) >= 11 is 0. The molecule has 2 nitrogen and oxygen atoms in total. The van der Waals surface area contributed by atoms with E-state index in [9.17, 15) is 5.11 Å². The van der Waals surface area contributed by atoms with Crippen molar-refractivity contribution in [3.8, 4) is 5.75 Å². The third kappa shape index (κ3) is 3.05. The molecule has 0 aliphatic heterocycles. The van der Waals surface area contributed by atoms with Gasteiger partial charge in [0.25, 0.3) is 0 Å². The van der Waals surface area contributed by atoms with E-state index in [0.29, 0.717) is 5.92 Å². The first-order chi connectivity index (χ1) is 8.60. The maximum Gasteiger partial charge on any atom is 0.122 e. The molecule has 1 fully saturated rings. The van der Waals surface area contributed by atoms with E-state index in [4.69, 9.17) is 4.74 Å². The van der Waals surface area contributed by atoms with Crippen LogP contribution < -0.4 is 4.74 Å². The zero-order chi connectivity index (χ0) is 13.1. The number of hydrogen-bond donors (Lipinski definition) is 1. The van der Waals surface area contributed by atoms with Gasteiger partial charge in [-0.1, -0.05) is 24.6 Å². The zero-order valence-electron chi connectivity index (χ0n) is 11.6. The van der Waals surface area contributed by atoms with Gasteiger partial charge in [-0.25, -0.2) is 0 Å². The molecule has 0 spiro atoms. The smallest absolute Gasteiger partial charge is 0.122 e. The average Bonchev–Trinajstić information content (AvgIpc) is 2.34. The third-order valence-electron chi connectivity index (χ3n) is 4.12. The van der Waals surface area contributed by atoms with Crippen LogP contribution in [0.15, 0.2) is 18.2 Å². The van der Waals surface area contributed by atoms with Crippen molar-refractivity contribution in [2.45, 2.75) is 45.6 Å². The molecule has 1 N–H and O–H groups in total. The normalized spacial score (nSPS) is 28.1. The first-order valence-corrected chi connectivity index (χ1v) is 6.91. The first kappa shape index (κ1) is 13.4.